The largest absolute Gasteiger partial charge is 0.305 e. The number of aliphatic imine (C=N–C) groups is 1. The molecule has 1 aromatic carbocycles. The fourth-order valence-electron chi connectivity index (χ4n) is 2.63. The molecule has 1 atom stereocenters. The highest BCUT2D eigenvalue weighted by atomic mass is 32.2. The maximum absolute atomic E-state index is 12.3. The van der Waals surface area contributed by atoms with Crippen molar-refractivity contribution in [2.24, 2.45) is 10.4 Å². The molecule has 0 bridgehead atoms. The van der Waals surface area contributed by atoms with Gasteiger partial charge in [0.15, 0.2) is 5.17 Å². The molecule has 1 N–H and O–H groups in total. The predicted molar refractivity (Wildman–Crippen MR) is 99.2 cm³/mol. The van der Waals surface area contributed by atoms with Gasteiger partial charge >= 0.3 is 0 Å². The highest BCUT2D eigenvalue weighted by molar-refractivity contribution is 8.14. The number of nitrogens with one attached hydrogen (secondary N) is 1. The summed E-state index contributed by atoms with van der Waals surface area (Å²) < 4.78 is 1.21. The number of carbonyl (C=O) groups excluding carboxylic acids is 1. The van der Waals surface area contributed by atoms with Crippen LogP contribution in [0.3, 0.4) is 0 Å². The first-order valence-electron chi connectivity index (χ1n) is 7.89. The molecule has 0 unspecified atom stereocenters. The van der Waals surface area contributed by atoms with E-state index in [-0.39, 0.29) is 11.3 Å². The number of rotatable bonds is 5. The molecule has 4 nitrogen and oxygen atoms in total. The minimum Gasteiger partial charge on any atom is -0.305 e. The molecular formula is C17H21N3OS2. The van der Waals surface area contributed by atoms with Gasteiger partial charge in [0.2, 0.25) is 5.91 Å². The Labute approximate surface area is 144 Å². The van der Waals surface area contributed by atoms with Crippen LogP contribution in [0.5, 0.6) is 0 Å². The van der Waals surface area contributed by atoms with Gasteiger partial charge in [0.25, 0.3) is 0 Å². The van der Waals surface area contributed by atoms with Gasteiger partial charge in [-0.3, -0.25) is 9.79 Å². The van der Waals surface area contributed by atoms with Crippen molar-refractivity contribution in [2.45, 2.75) is 33.1 Å². The van der Waals surface area contributed by atoms with E-state index in [0.717, 1.165) is 40.8 Å². The van der Waals surface area contributed by atoms with E-state index < -0.39 is 0 Å². The topological polar surface area (TPSA) is 54.4 Å². The van der Waals surface area contributed by atoms with Crippen molar-refractivity contribution < 1.29 is 4.79 Å². The van der Waals surface area contributed by atoms with Crippen LogP contribution < -0.4 is 5.32 Å². The van der Waals surface area contributed by atoms with Gasteiger partial charge in [-0.05, 0) is 24.0 Å². The van der Waals surface area contributed by atoms with Crippen molar-refractivity contribution in [2.75, 3.05) is 12.3 Å². The van der Waals surface area contributed by atoms with E-state index in [9.17, 15) is 4.79 Å². The molecule has 0 aliphatic carbocycles. The van der Waals surface area contributed by atoms with Crippen LogP contribution in [0, 0.1) is 5.41 Å². The van der Waals surface area contributed by atoms with E-state index in [1.807, 2.05) is 18.2 Å². The number of para-hydroxylation sites is 1. The fourth-order valence-corrected chi connectivity index (χ4v) is 4.56. The average molecular weight is 348 g/mol. The quantitative estimate of drug-likeness (QED) is 0.893. The third kappa shape index (κ3) is 4.12. The van der Waals surface area contributed by atoms with Crippen molar-refractivity contribution in [3.63, 3.8) is 0 Å². The maximum atomic E-state index is 12.3. The van der Waals surface area contributed by atoms with Crippen LogP contribution in [0.25, 0.3) is 10.2 Å². The van der Waals surface area contributed by atoms with E-state index in [2.05, 4.69) is 30.2 Å². The molecule has 0 spiro atoms. The van der Waals surface area contributed by atoms with Crippen LogP contribution in [-0.2, 0) is 11.2 Å². The van der Waals surface area contributed by atoms with Crippen LogP contribution in [0.4, 0.5) is 0 Å². The van der Waals surface area contributed by atoms with Crippen LogP contribution >= 0.6 is 23.1 Å². The monoisotopic (exact) mass is 347 g/mol. The molecule has 0 saturated carbocycles. The lowest BCUT2D eigenvalue weighted by Gasteiger charge is -2.26. The predicted octanol–water partition coefficient (Wildman–Crippen LogP) is 3.86. The Morgan fingerprint density at radius 3 is 2.91 bits per heavy atom. The number of hydrogen-bond acceptors (Lipinski definition) is 5. The molecular weight excluding hydrogens is 326 g/mol. The molecule has 3 rings (SSSR count). The summed E-state index contributed by atoms with van der Waals surface area (Å²) in [4.78, 5) is 21.3. The van der Waals surface area contributed by atoms with E-state index in [0.29, 0.717) is 6.42 Å². The summed E-state index contributed by atoms with van der Waals surface area (Å²) in [7, 11) is 0. The molecule has 122 valence electrons. The molecule has 23 heavy (non-hydrogen) atoms. The van der Waals surface area contributed by atoms with Gasteiger partial charge in [0, 0.05) is 18.6 Å². The van der Waals surface area contributed by atoms with Crippen molar-refractivity contribution in [1.29, 1.82) is 0 Å². The van der Waals surface area contributed by atoms with Gasteiger partial charge < -0.3 is 5.32 Å². The van der Waals surface area contributed by atoms with Crippen molar-refractivity contribution in [3.05, 3.63) is 29.3 Å². The lowest BCUT2D eigenvalue weighted by molar-refractivity contribution is -0.121. The zero-order chi connectivity index (χ0) is 16.3. The first-order chi connectivity index (χ1) is 11.1. The second-order valence-corrected chi connectivity index (χ2v) is 8.38. The number of carbonyl (C=O) groups is 1. The lowest BCUT2D eigenvalue weighted by atomic mass is 9.80. The summed E-state index contributed by atoms with van der Waals surface area (Å²) in [6, 6.07) is 8.19. The van der Waals surface area contributed by atoms with Gasteiger partial charge in [-0.1, -0.05) is 37.7 Å². The number of benzene rings is 1. The van der Waals surface area contributed by atoms with Gasteiger partial charge in [0.05, 0.1) is 21.8 Å². The zero-order valence-electron chi connectivity index (χ0n) is 13.5. The number of nitrogens with zero attached hydrogens (tertiary/aromatic N) is 2. The Morgan fingerprint density at radius 2 is 2.22 bits per heavy atom. The lowest BCUT2D eigenvalue weighted by Crippen LogP contribution is -2.33. The van der Waals surface area contributed by atoms with E-state index in [4.69, 9.17) is 4.98 Å². The molecule has 1 amide bonds. The summed E-state index contributed by atoms with van der Waals surface area (Å²) in [6.07, 6.45) is 2.27. The molecule has 6 heteroatoms. The number of amides is 1. The molecule has 1 aliphatic rings. The highest BCUT2D eigenvalue weighted by Crippen LogP contribution is 2.33. The molecule has 0 radical (unpaired) electrons. The fraction of sp³-hybridized carbons (Fsp3) is 0.471. The summed E-state index contributed by atoms with van der Waals surface area (Å²) >= 11 is 3.35. The number of thioether (sulfide) groups is 1. The van der Waals surface area contributed by atoms with Crippen LogP contribution in [-0.4, -0.2) is 28.4 Å². The van der Waals surface area contributed by atoms with Gasteiger partial charge in [0.1, 0.15) is 0 Å². The first kappa shape index (κ1) is 16.5. The summed E-state index contributed by atoms with van der Waals surface area (Å²) in [5.74, 6) is 1.02. The third-order valence-corrected chi connectivity index (χ3v) is 6.12. The van der Waals surface area contributed by atoms with Gasteiger partial charge in [-0.15, -0.1) is 11.3 Å². The minimum atomic E-state index is -0.0816. The van der Waals surface area contributed by atoms with Crippen LogP contribution in [0.1, 0.15) is 31.7 Å². The van der Waals surface area contributed by atoms with Crippen LogP contribution in [0.2, 0.25) is 0 Å². The molecule has 0 saturated heterocycles. The number of fused-ring (bicyclic) bond motifs is 1. The van der Waals surface area contributed by atoms with E-state index >= 15 is 0 Å². The third-order valence-electron chi connectivity index (χ3n) is 4.19. The summed E-state index contributed by atoms with van der Waals surface area (Å²) in [6.45, 7) is 5.11. The van der Waals surface area contributed by atoms with E-state index in [1.165, 1.54) is 4.70 Å². The van der Waals surface area contributed by atoms with Gasteiger partial charge in [-0.25, -0.2) is 4.98 Å². The van der Waals surface area contributed by atoms with Crippen molar-refractivity contribution in [3.8, 4) is 0 Å². The highest BCUT2D eigenvalue weighted by Gasteiger charge is 2.28. The van der Waals surface area contributed by atoms with E-state index in [1.54, 1.807) is 23.1 Å². The number of aromatic nitrogens is 1. The van der Waals surface area contributed by atoms with Gasteiger partial charge in [-0.2, -0.15) is 0 Å². The number of thiazole rings is 1. The molecule has 2 aromatic rings. The summed E-state index contributed by atoms with van der Waals surface area (Å²) in [5, 5.41) is 4.82. The zero-order valence-corrected chi connectivity index (χ0v) is 15.1. The average Bonchev–Trinajstić information content (AvgIpc) is 3.15. The standard InChI is InChI=1S/C17H21N3OS2/c1-3-17(2,10-14(21)20-16-18-8-9-22-16)11-15-19-12-6-4-5-7-13(12)23-15/h4-7H,3,8-11H2,1-2H3,(H,18,20,21)/t17-/m0/s1. The second kappa shape index (κ2) is 7.01. The minimum absolute atomic E-state index is 0.0589. The number of hydrogen-bond donors (Lipinski definition) is 1. The van der Waals surface area contributed by atoms with Crippen molar-refractivity contribution >= 4 is 44.4 Å². The Balaban J connectivity index is 1.68. The molecule has 2 heterocycles. The maximum Gasteiger partial charge on any atom is 0.226 e. The first-order valence-corrected chi connectivity index (χ1v) is 9.70. The molecule has 1 aliphatic heterocycles. The molecule has 0 fully saturated rings. The smallest absolute Gasteiger partial charge is 0.226 e. The summed E-state index contributed by atoms with van der Waals surface area (Å²) in [5.41, 5.74) is 0.967. The normalized spacial score (nSPS) is 17.0. The molecule has 1 aromatic heterocycles. The Morgan fingerprint density at radius 1 is 1.39 bits per heavy atom. The van der Waals surface area contributed by atoms with Crippen LogP contribution in [0.15, 0.2) is 29.3 Å². The Hall–Kier alpha value is -1.40. The second-order valence-electron chi connectivity index (χ2n) is 6.18. The van der Waals surface area contributed by atoms with Crippen molar-refractivity contribution in [1.82, 2.24) is 10.3 Å². The Bertz CT molecular complexity index is 707. The number of amidine groups is 1. The SMILES string of the molecule is CC[C@@](C)(CC(=O)NC1=NCCS1)Cc1nc2ccccc2s1. The Kier molecular flexibility index (Phi) is 5.02.